The molecular formula is C14H16F3N3. The predicted molar refractivity (Wildman–Crippen MR) is 69.4 cm³/mol. The third kappa shape index (κ3) is 3.86. The second-order valence-corrected chi connectivity index (χ2v) is 4.95. The summed E-state index contributed by atoms with van der Waals surface area (Å²) in [6, 6.07) is 3.93. The average Bonchev–Trinajstić information content (AvgIpc) is 2.83. The Bertz CT molecular complexity index is 518. The van der Waals surface area contributed by atoms with Gasteiger partial charge in [-0.15, -0.1) is 0 Å². The summed E-state index contributed by atoms with van der Waals surface area (Å²) in [5.41, 5.74) is 2.59. The maximum atomic E-state index is 12.0. The maximum Gasteiger partial charge on any atom is 0.389 e. The number of alkyl halides is 3. The first-order valence-electron chi connectivity index (χ1n) is 6.73. The van der Waals surface area contributed by atoms with Crippen molar-refractivity contribution in [2.75, 3.05) is 11.9 Å². The number of rotatable bonds is 5. The smallest absolute Gasteiger partial charge is 0.369 e. The lowest BCUT2D eigenvalue weighted by atomic mass is 10.1. The number of aryl methyl sites for hydroxylation is 2. The molecule has 0 saturated carbocycles. The molecule has 1 aromatic rings. The van der Waals surface area contributed by atoms with Crippen molar-refractivity contribution in [2.24, 2.45) is 0 Å². The van der Waals surface area contributed by atoms with E-state index in [0.717, 1.165) is 30.5 Å². The van der Waals surface area contributed by atoms with Crippen LogP contribution >= 0.6 is 0 Å². The summed E-state index contributed by atoms with van der Waals surface area (Å²) in [7, 11) is 0. The number of unbranched alkanes of at least 4 members (excludes halogenated alkanes) is 1. The molecule has 0 bridgehead atoms. The number of pyridine rings is 1. The van der Waals surface area contributed by atoms with Gasteiger partial charge in [-0.1, -0.05) is 0 Å². The Labute approximate surface area is 115 Å². The monoisotopic (exact) mass is 283 g/mol. The van der Waals surface area contributed by atoms with Crippen LogP contribution in [-0.2, 0) is 12.8 Å². The molecule has 108 valence electrons. The van der Waals surface area contributed by atoms with Crippen LogP contribution in [0.5, 0.6) is 0 Å². The van der Waals surface area contributed by atoms with Gasteiger partial charge in [0.05, 0.1) is 5.56 Å². The molecule has 20 heavy (non-hydrogen) atoms. The summed E-state index contributed by atoms with van der Waals surface area (Å²) in [6.45, 7) is 0.399. The van der Waals surface area contributed by atoms with Crippen LogP contribution in [0.25, 0.3) is 0 Å². The molecule has 1 heterocycles. The van der Waals surface area contributed by atoms with E-state index in [0.29, 0.717) is 24.3 Å². The van der Waals surface area contributed by atoms with Crippen LogP contribution in [0.4, 0.5) is 19.0 Å². The molecule has 0 unspecified atom stereocenters. The Morgan fingerprint density at radius 3 is 2.80 bits per heavy atom. The van der Waals surface area contributed by atoms with Crippen molar-refractivity contribution in [3.63, 3.8) is 0 Å². The number of aromatic nitrogens is 1. The molecule has 0 aliphatic heterocycles. The van der Waals surface area contributed by atoms with E-state index in [4.69, 9.17) is 5.26 Å². The summed E-state index contributed by atoms with van der Waals surface area (Å²) in [4.78, 5) is 4.41. The minimum Gasteiger partial charge on any atom is -0.369 e. The second-order valence-electron chi connectivity index (χ2n) is 4.95. The van der Waals surface area contributed by atoms with Gasteiger partial charge in [-0.25, -0.2) is 4.98 Å². The van der Waals surface area contributed by atoms with E-state index >= 15 is 0 Å². The standard InChI is InChI=1S/C14H16F3N3/c15-14(16,17)6-1-2-7-19-13-11(9-18)8-10-4-3-5-12(10)20-13/h8H,1-7H2,(H,19,20). The third-order valence-electron chi connectivity index (χ3n) is 3.35. The van der Waals surface area contributed by atoms with Crippen LogP contribution in [0.15, 0.2) is 6.07 Å². The van der Waals surface area contributed by atoms with Gasteiger partial charge >= 0.3 is 6.18 Å². The fourth-order valence-electron chi connectivity index (χ4n) is 2.35. The Hall–Kier alpha value is -1.77. The molecule has 2 rings (SSSR count). The van der Waals surface area contributed by atoms with Crippen LogP contribution in [-0.4, -0.2) is 17.7 Å². The van der Waals surface area contributed by atoms with Gasteiger partial charge in [0.15, 0.2) is 0 Å². The molecule has 1 aliphatic carbocycles. The van der Waals surface area contributed by atoms with Gasteiger partial charge in [0.2, 0.25) is 0 Å². The Kier molecular flexibility index (Phi) is 4.48. The zero-order chi connectivity index (χ0) is 14.6. The SMILES string of the molecule is N#Cc1cc2c(nc1NCCCCC(F)(F)F)CCC2. The number of nitrogens with zero attached hydrogens (tertiary/aromatic N) is 2. The first-order chi connectivity index (χ1) is 9.49. The Morgan fingerprint density at radius 1 is 1.30 bits per heavy atom. The summed E-state index contributed by atoms with van der Waals surface area (Å²) in [6.07, 6.45) is -1.47. The van der Waals surface area contributed by atoms with Crippen LogP contribution in [0.2, 0.25) is 0 Å². The average molecular weight is 283 g/mol. The Balaban J connectivity index is 1.88. The van der Waals surface area contributed by atoms with Crippen molar-refractivity contribution >= 4 is 5.82 Å². The number of nitrogens with one attached hydrogen (secondary N) is 1. The van der Waals surface area contributed by atoms with Crippen LogP contribution in [0.3, 0.4) is 0 Å². The number of hydrogen-bond donors (Lipinski definition) is 1. The summed E-state index contributed by atoms with van der Waals surface area (Å²) >= 11 is 0. The van der Waals surface area contributed by atoms with Crippen LogP contribution in [0, 0.1) is 11.3 Å². The highest BCUT2D eigenvalue weighted by Crippen LogP contribution is 2.25. The molecule has 0 aromatic carbocycles. The number of halogens is 3. The van der Waals surface area contributed by atoms with E-state index in [1.54, 1.807) is 0 Å². The first-order valence-corrected chi connectivity index (χ1v) is 6.73. The lowest BCUT2D eigenvalue weighted by Gasteiger charge is -2.10. The van der Waals surface area contributed by atoms with E-state index in [-0.39, 0.29) is 6.42 Å². The van der Waals surface area contributed by atoms with E-state index < -0.39 is 12.6 Å². The molecule has 3 nitrogen and oxygen atoms in total. The third-order valence-corrected chi connectivity index (χ3v) is 3.35. The second kappa shape index (κ2) is 6.12. The normalized spacial score (nSPS) is 13.9. The predicted octanol–water partition coefficient (Wildman–Crippen LogP) is 3.59. The molecule has 0 atom stereocenters. The van der Waals surface area contributed by atoms with Crippen molar-refractivity contribution in [3.05, 3.63) is 22.9 Å². The fourth-order valence-corrected chi connectivity index (χ4v) is 2.35. The lowest BCUT2D eigenvalue weighted by Crippen LogP contribution is -2.10. The largest absolute Gasteiger partial charge is 0.389 e. The first kappa shape index (κ1) is 14.6. The minimum absolute atomic E-state index is 0.0866. The van der Waals surface area contributed by atoms with E-state index in [1.165, 1.54) is 0 Å². The van der Waals surface area contributed by atoms with E-state index in [1.807, 2.05) is 6.07 Å². The molecule has 0 fully saturated rings. The molecule has 0 radical (unpaired) electrons. The molecule has 0 spiro atoms. The summed E-state index contributed by atoms with van der Waals surface area (Å²) in [5, 5.41) is 12.1. The van der Waals surface area contributed by atoms with Gasteiger partial charge in [0.25, 0.3) is 0 Å². The molecule has 0 amide bonds. The van der Waals surface area contributed by atoms with Crippen molar-refractivity contribution in [3.8, 4) is 6.07 Å². The highest BCUT2D eigenvalue weighted by atomic mass is 19.4. The molecule has 1 aromatic heterocycles. The van der Waals surface area contributed by atoms with Gasteiger partial charge in [-0.2, -0.15) is 18.4 Å². The zero-order valence-corrected chi connectivity index (χ0v) is 11.1. The topological polar surface area (TPSA) is 48.7 Å². The molecule has 6 heteroatoms. The number of hydrogen-bond acceptors (Lipinski definition) is 3. The summed E-state index contributed by atoms with van der Waals surface area (Å²) in [5.74, 6) is 0.500. The number of anilines is 1. The highest BCUT2D eigenvalue weighted by molar-refractivity contribution is 5.55. The van der Waals surface area contributed by atoms with Crippen molar-refractivity contribution in [2.45, 2.75) is 44.7 Å². The highest BCUT2D eigenvalue weighted by Gasteiger charge is 2.25. The van der Waals surface area contributed by atoms with Gasteiger partial charge in [-0.3, -0.25) is 0 Å². The zero-order valence-electron chi connectivity index (χ0n) is 11.1. The van der Waals surface area contributed by atoms with Crippen molar-refractivity contribution < 1.29 is 13.2 Å². The number of nitriles is 1. The van der Waals surface area contributed by atoms with Crippen molar-refractivity contribution in [1.29, 1.82) is 5.26 Å². The molecule has 0 saturated heterocycles. The summed E-state index contributed by atoms with van der Waals surface area (Å²) < 4.78 is 36.0. The quantitative estimate of drug-likeness (QED) is 0.840. The fraction of sp³-hybridized carbons (Fsp3) is 0.571. The van der Waals surface area contributed by atoms with Gasteiger partial charge in [-0.05, 0) is 43.7 Å². The number of fused-ring (bicyclic) bond motifs is 1. The molecule has 1 aliphatic rings. The van der Waals surface area contributed by atoms with Gasteiger partial charge < -0.3 is 5.32 Å². The Morgan fingerprint density at radius 2 is 2.10 bits per heavy atom. The molecule has 1 N–H and O–H groups in total. The van der Waals surface area contributed by atoms with Crippen LogP contribution in [0.1, 0.15) is 42.5 Å². The molecular weight excluding hydrogens is 267 g/mol. The minimum atomic E-state index is -4.09. The lowest BCUT2D eigenvalue weighted by molar-refractivity contribution is -0.135. The van der Waals surface area contributed by atoms with E-state index in [2.05, 4.69) is 16.4 Å². The van der Waals surface area contributed by atoms with E-state index in [9.17, 15) is 13.2 Å². The van der Waals surface area contributed by atoms with Crippen LogP contribution < -0.4 is 5.32 Å². The maximum absolute atomic E-state index is 12.0. The van der Waals surface area contributed by atoms with Gasteiger partial charge in [0.1, 0.15) is 11.9 Å². The van der Waals surface area contributed by atoms with Gasteiger partial charge in [0, 0.05) is 18.7 Å². The van der Waals surface area contributed by atoms with Crippen molar-refractivity contribution in [1.82, 2.24) is 4.98 Å².